The number of fused-ring (bicyclic) bond motifs is 12. The molecule has 3 aliphatic rings. The van der Waals surface area contributed by atoms with E-state index in [2.05, 4.69) is 97.1 Å². The van der Waals surface area contributed by atoms with Crippen molar-refractivity contribution in [1.29, 1.82) is 0 Å². The van der Waals surface area contributed by atoms with Crippen molar-refractivity contribution in [2.75, 3.05) is 0 Å². The van der Waals surface area contributed by atoms with Crippen LogP contribution in [0.4, 0.5) is 0 Å². The van der Waals surface area contributed by atoms with Crippen molar-refractivity contribution in [3.05, 3.63) is 106 Å². The van der Waals surface area contributed by atoms with Gasteiger partial charge in [-0.15, -0.1) is 0 Å². The van der Waals surface area contributed by atoms with Crippen LogP contribution in [0.2, 0.25) is 10.5 Å². The van der Waals surface area contributed by atoms with E-state index >= 15 is 0 Å². The van der Waals surface area contributed by atoms with Crippen LogP contribution in [0.5, 0.6) is 0 Å². The number of benzene rings is 4. The second-order valence-corrected chi connectivity index (χ2v) is 18.9. The van der Waals surface area contributed by atoms with Gasteiger partial charge in [-0.25, -0.2) is 0 Å². The van der Waals surface area contributed by atoms with E-state index < -0.39 is 16.6 Å². The van der Waals surface area contributed by atoms with Crippen LogP contribution in [0.25, 0.3) is 32.7 Å². The number of hydrogen-bond donors (Lipinski definition) is 0. The van der Waals surface area contributed by atoms with Crippen LogP contribution in [0, 0.1) is 0 Å². The van der Waals surface area contributed by atoms with Crippen LogP contribution in [0.3, 0.4) is 0 Å². The summed E-state index contributed by atoms with van der Waals surface area (Å²) in [7, 11) is 0. The quantitative estimate of drug-likeness (QED) is 0.245. The van der Waals surface area contributed by atoms with Gasteiger partial charge in [0, 0.05) is 0 Å². The zero-order valence-corrected chi connectivity index (χ0v) is 23.0. The van der Waals surface area contributed by atoms with E-state index in [1.807, 2.05) is 0 Å². The summed E-state index contributed by atoms with van der Waals surface area (Å²) in [6.45, 7) is 4.84. The molecule has 174 valence electrons. The van der Waals surface area contributed by atoms with E-state index in [4.69, 9.17) is 0 Å². The molecule has 1 heteroatoms. The molecule has 0 saturated heterocycles. The number of allylic oxidation sites excluding steroid dienone is 4. The average molecular weight is 491 g/mol. The molecule has 4 aromatic rings. The topological polar surface area (TPSA) is 0 Å². The SMILES string of the molecule is CCC1=C2CCC3=C(CC)[CH](c4ccc5ccccc5c43)[Ti]([CH3])([CH3])[CH]1c1ccc3ccccc3c12. The summed E-state index contributed by atoms with van der Waals surface area (Å²) in [6, 6.07) is 28.1. The predicted octanol–water partition coefficient (Wildman–Crippen LogP) is 10.2. The van der Waals surface area contributed by atoms with Crippen LogP contribution in [-0.2, 0) is 16.6 Å². The third-order valence-electron chi connectivity index (χ3n) is 9.50. The zero-order valence-electron chi connectivity index (χ0n) is 21.4. The molecule has 0 saturated carbocycles. The zero-order chi connectivity index (χ0) is 23.9. The van der Waals surface area contributed by atoms with E-state index in [-0.39, 0.29) is 0 Å². The van der Waals surface area contributed by atoms with Crippen molar-refractivity contribution in [3.8, 4) is 0 Å². The van der Waals surface area contributed by atoms with E-state index in [9.17, 15) is 0 Å². The van der Waals surface area contributed by atoms with E-state index in [1.54, 1.807) is 44.5 Å². The number of rotatable bonds is 2. The molecule has 0 radical (unpaired) electrons. The molecule has 2 atom stereocenters. The van der Waals surface area contributed by atoms with Crippen molar-refractivity contribution >= 4 is 32.7 Å². The molecular formula is C34H34Ti. The normalized spacial score (nSPS) is 22.3. The van der Waals surface area contributed by atoms with E-state index in [1.165, 1.54) is 47.2 Å². The molecule has 2 unspecified atom stereocenters. The Bertz CT molecular complexity index is 1480. The Morgan fingerprint density at radius 3 is 1.46 bits per heavy atom. The van der Waals surface area contributed by atoms with Crippen LogP contribution < -0.4 is 0 Å². The maximum atomic E-state index is 2.76. The van der Waals surface area contributed by atoms with Crippen LogP contribution in [0.1, 0.15) is 70.2 Å². The molecule has 0 nitrogen and oxygen atoms in total. The van der Waals surface area contributed by atoms with Crippen molar-refractivity contribution in [2.45, 2.75) is 58.4 Å². The molecule has 7 rings (SSSR count). The standard InChI is InChI=1S/C32H28.2CH3.Ti/c1-3-21-19-25-15-13-23-9-5-7-11-27(23)31(25)29(21)17-18-30-22(4-2)20-26-16-14-24-10-6-8-12-28(24)32(26)30;;;/h5-16,19-20H,3-4,17-18H2,1-2H3;2*1H3;. The monoisotopic (exact) mass is 490 g/mol. The minimum atomic E-state index is -2.52. The van der Waals surface area contributed by atoms with Gasteiger partial charge in [0.1, 0.15) is 0 Å². The van der Waals surface area contributed by atoms with E-state index in [0.717, 1.165) is 0 Å². The first-order valence-corrected chi connectivity index (χ1v) is 18.5. The Balaban J connectivity index is 1.55. The summed E-state index contributed by atoms with van der Waals surface area (Å²) < 4.78 is 1.30. The predicted molar refractivity (Wildman–Crippen MR) is 149 cm³/mol. The summed E-state index contributed by atoms with van der Waals surface area (Å²) in [5, 5.41) is 11.3. The van der Waals surface area contributed by atoms with Gasteiger partial charge in [-0.3, -0.25) is 0 Å². The Hall–Kier alpha value is -2.41. The van der Waals surface area contributed by atoms with Gasteiger partial charge in [0.25, 0.3) is 0 Å². The first kappa shape index (κ1) is 21.8. The fourth-order valence-electron chi connectivity index (χ4n) is 8.30. The van der Waals surface area contributed by atoms with Gasteiger partial charge in [0.05, 0.1) is 0 Å². The van der Waals surface area contributed by atoms with Crippen LogP contribution in [0.15, 0.2) is 83.9 Å². The fourth-order valence-corrected chi connectivity index (χ4v) is 16.1. The molecule has 0 fully saturated rings. The van der Waals surface area contributed by atoms with Crippen molar-refractivity contribution < 1.29 is 16.6 Å². The van der Waals surface area contributed by atoms with Gasteiger partial charge in [-0.05, 0) is 0 Å². The first-order valence-electron chi connectivity index (χ1n) is 13.5. The van der Waals surface area contributed by atoms with Crippen molar-refractivity contribution in [2.24, 2.45) is 0 Å². The second-order valence-electron chi connectivity index (χ2n) is 11.4. The molecule has 0 aromatic heterocycles. The molecule has 0 N–H and O–H groups in total. The molecular weight excluding hydrogens is 456 g/mol. The molecule has 4 aromatic carbocycles. The van der Waals surface area contributed by atoms with Gasteiger partial charge >= 0.3 is 214 Å². The number of hydrogen-bond acceptors (Lipinski definition) is 0. The first-order chi connectivity index (χ1) is 17.1. The molecule has 35 heavy (non-hydrogen) atoms. The Labute approximate surface area is 213 Å². The Morgan fingerprint density at radius 1 is 0.600 bits per heavy atom. The fraction of sp³-hybridized carbons (Fsp3) is 0.294. The van der Waals surface area contributed by atoms with Gasteiger partial charge in [0.2, 0.25) is 0 Å². The summed E-state index contributed by atoms with van der Waals surface area (Å²) in [4.78, 5) is 0. The van der Waals surface area contributed by atoms with Crippen LogP contribution >= 0.6 is 0 Å². The summed E-state index contributed by atoms with van der Waals surface area (Å²) in [6.07, 6.45) is 4.72. The summed E-state index contributed by atoms with van der Waals surface area (Å²) >= 11 is -2.52. The van der Waals surface area contributed by atoms with E-state index in [0.29, 0.717) is 8.45 Å². The molecule has 0 spiro atoms. The molecule has 4 bridgehead atoms. The average Bonchev–Trinajstić information content (AvgIpc) is 3.40. The third kappa shape index (κ3) is 2.85. The summed E-state index contributed by atoms with van der Waals surface area (Å²) in [5.41, 5.74) is 13.5. The van der Waals surface area contributed by atoms with Crippen molar-refractivity contribution in [3.63, 3.8) is 0 Å². The second kappa shape index (κ2) is 7.79. The van der Waals surface area contributed by atoms with Crippen molar-refractivity contribution in [1.82, 2.24) is 0 Å². The Morgan fingerprint density at radius 2 is 1.03 bits per heavy atom. The van der Waals surface area contributed by atoms with Crippen LogP contribution in [-0.4, -0.2) is 0 Å². The van der Waals surface area contributed by atoms with Gasteiger partial charge in [0.15, 0.2) is 0 Å². The van der Waals surface area contributed by atoms with Gasteiger partial charge in [-0.2, -0.15) is 0 Å². The minimum absolute atomic E-state index is 0.651. The third-order valence-corrected chi connectivity index (χ3v) is 16.2. The molecule has 0 amide bonds. The maximum absolute atomic E-state index is 2.76. The Kier molecular flexibility index (Phi) is 4.86. The van der Waals surface area contributed by atoms with Gasteiger partial charge in [-0.1, -0.05) is 0 Å². The molecule has 2 aliphatic carbocycles. The molecule has 1 heterocycles. The summed E-state index contributed by atoms with van der Waals surface area (Å²) in [5.74, 6) is 0. The molecule has 1 aliphatic heterocycles. The van der Waals surface area contributed by atoms with Gasteiger partial charge < -0.3 is 0 Å².